The lowest BCUT2D eigenvalue weighted by Crippen LogP contribution is -2.20. The number of nitrogen functional groups attached to an aromatic ring is 1. The van der Waals surface area contributed by atoms with Crippen molar-refractivity contribution in [1.29, 1.82) is 0 Å². The summed E-state index contributed by atoms with van der Waals surface area (Å²) in [4.78, 5) is 14.4. The molecule has 0 radical (unpaired) electrons. The van der Waals surface area contributed by atoms with Gasteiger partial charge >= 0.3 is 0 Å². The summed E-state index contributed by atoms with van der Waals surface area (Å²) in [7, 11) is 1.91. The Morgan fingerprint density at radius 1 is 1.26 bits per heavy atom. The Hall–Kier alpha value is -2.37. The summed E-state index contributed by atoms with van der Waals surface area (Å²) in [5.74, 6) is 1.06. The summed E-state index contributed by atoms with van der Waals surface area (Å²) in [6.07, 6.45) is 3.21. The molecule has 2 aromatic rings. The van der Waals surface area contributed by atoms with Crippen LogP contribution in [-0.2, 0) is 6.54 Å². The first-order chi connectivity index (χ1) is 9.22. The molecule has 0 aliphatic rings. The van der Waals surface area contributed by atoms with Crippen LogP contribution in [0.4, 0.5) is 11.5 Å². The number of nitrogens with zero attached hydrogens (tertiary/aromatic N) is 4. The number of ether oxygens (including phenoxy) is 1. The van der Waals surface area contributed by atoms with Gasteiger partial charge in [-0.05, 0) is 19.1 Å². The SMILES string of the molecule is CCOc1ncnc(N(C)Cc2ccccn2)c1N. The topological polar surface area (TPSA) is 77.2 Å². The molecule has 2 N–H and O–H groups in total. The molecule has 0 bridgehead atoms. The summed E-state index contributed by atoms with van der Waals surface area (Å²) >= 11 is 0. The van der Waals surface area contributed by atoms with Crippen LogP contribution in [0, 0.1) is 0 Å². The van der Waals surface area contributed by atoms with E-state index in [-0.39, 0.29) is 0 Å². The molecule has 100 valence electrons. The highest BCUT2D eigenvalue weighted by Gasteiger charge is 2.13. The number of anilines is 2. The largest absolute Gasteiger partial charge is 0.476 e. The predicted octanol–water partition coefficient (Wildman–Crippen LogP) is 1.49. The van der Waals surface area contributed by atoms with Crippen LogP contribution in [0.15, 0.2) is 30.7 Å². The number of rotatable bonds is 5. The van der Waals surface area contributed by atoms with Crippen LogP contribution in [0.3, 0.4) is 0 Å². The molecule has 6 nitrogen and oxygen atoms in total. The second-order valence-corrected chi connectivity index (χ2v) is 4.03. The highest BCUT2D eigenvalue weighted by Crippen LogP contribution is 2.27. The van der Waals surface area contributed by atoms with Gasteiger partial charge in [0.25, 0.3) is 0 Å². The van der Waals surface area contributed by atoms with Gasteiger partial charge in [0.1, 0.15) is 12.0 Å². The number of pyridine rings is 1. The molecule has 0 spiro atoms. The maximum Gasteiger partial charge on any atom is 0.242 e. The van der Waals surface area contributed by atoms with E-state index in [0.29, 0.717) is 30.5 Å². The lowest BCUT2D eigenvalue weighted by Gasteiger charge is -2.20. The molecule has 19 heavy (non-hydrogen) atoms. The van der Waals surface area contributed by atoms with Gasteiger partial charge in [-0.2, -0.15) is 4.98 Å². The van der Waals surface area contributed by atoms with Crippen molar-refractivity contribution >= 4 is 11.5 Å². The zero-order valence-electron chi connectivity index (χ0n) is 11.1. The molecule has 2 rings (SSSR count). The molecule has 0 amide bonds. The summed E-state index contributed by atoms with van der Waals surface area (Å²) < 4.78 is 5.36. The van der Waals surface area contributed by atoms with Gasteiger partial charge in [0.05, 0.1) is 18.8 Å². The summed E-state index contributed by atoms with van der Waals surface area (Å²) in [6.45, 7) is 3.02. The van der Waals surface area contributed by atoms with Gasteiger partial charge in [-0.25, -0.2) is 4.98 Å². The third kappa shape index (κ3) is 3.09. The van der Waals surface area contributed by atoms with Gasteiger partial charge in [0, 0.05) is 13.2 Å². The van der Waals surface area contributed by atoms with E-state index in [4.69, 9.17) is 10.5 Å². The molecule has 2 aromatic heterocycles. The summed E-state index contributed by atoms with van der Waals surface area (Å²) in [5.41, 5.74) is 7.40. The van der Waals surface area contributed by atoms with Gasteiger partial charge in [-0.15, -0.1) is 0 Å². The van der Waals surface area contributed by atoms with Crippen molar-refractivity contribution in [2.24, 2.45) is 0 Å². The summed E-state index contributed by atoms with van der Waals surface area (Å²) in [6, 6.07) is 5.79. The smallest absolute Gasteiger partial charge is 0.242 e. The van der Waals surface area contributed by atoms with E-state index in [1.165, 1.54) is 6.33 Å². The van der Waals surface area contributed by atoms with Crippen LogP contribution in [0.25, 0.3) is 0 Å². The third-order valence-corrected chi connectivity index (χ3v) is 2.59. The van der Waals surface area contributed by atoms with Crippen LogP contribution < -0.4 is 15.4 Å². The average molecular weight is 259 g/mol. The molecular weight excluding hydrogens is 242 g/mol. The number of nitrogens with two attached hydrogens (primary N) is 1. The number of hydrogen-bond donors (Lipinski definition) is 1. The van der Waals surface area contributed by atoms with Crippen LogP contribution in [0.1, 0.15) is 12.6 Å². The quantitative estimate of drug-likeness (QED) is 0.876. The normalized spacial score (nSPS) is 10.2. The Morgan fingerprint density at radius 3 is 2.79 bits per heavy atom. The highest BCUT2D eigenvalue weighted by atomic mass is 16.5. The Labute approximate surface area is 112 Å². The molecule has 0 saturated heterocycles. The zero-order valence-corrected chi connectivity index (χ0v) is 11.1. The second-order valence-electron chi connectivity index (χ2n) is 4.03. The molecule has 6 heteroatoms. The van der Waals surface area contributed by atoms with Crippen LogP contribution in [0.2, 0.25) is 0 Å². The second kappa shape index (κ2) is 5.99. The molecule has 0 saturated carbocycles. The van der Waals surface area contributed by atoms with Crippen molar-refractivity contribution in [3.8, 4) is 5.88 Å². The summed E-state index contributed by atoms with van der Waals surface area (Å²) in [5, 5.41) is 0. The first kappa shape index (κ1) is 13.1. The fourth-order valence-corrected chi connectivity index (χ4v) is 1.74. The van der Waals surface area contributed by atoms with Crippen molar-refractivity contribution in [3.63, 3.8) is 0 Å². The first-order valence-electron chi connectivity index (χ1n) is 6.06. The minimum absolute atomic E-state index is 0.417. The van der Waals surface area contributed by atoms with Crippen molar-refractivity contribution in [2.75, 3.05) is 24.3 Å². The van der Waals surface area contributed by atoms with Crippen molar-refractivity contribution in [2.45, 2.75) is 13.5 Å². The minimum atomic E-state index is 0.417. The molecule has 0 aromatic carbocycles. The lowest BCUT2D eigenvalue weighted by molar-refractivity contribution is 0.328. The maximum atomic E-state index is 6.01. The van der Waals surface area contributed by atoms with Gasteiger partial charge in [-0.1, -0.05) is 6.07 Å². The van der Waals surface area contributed by atoms with Gasteiger partial charge in [-0.3, -0.25) is 4.98 Å². The molecule has 0 unspecified atom stereocenters. The molecular formula is C13H17N5O. The molecule has 0 atom stereocenters. The molecule has 0 aliphatic carbocycles. The fourth-order valence-electron chi connectivity index (χ4n) is 1.74. The van der Waals surface area contributed by atoms with Crippen molar-refractivity contribution in [1.82, 2.24) is 15.0 Å². The highest BCUT2D eigenvalue weighted by molar-refractivity contribution is 5.67. The average Bonchev–Trinajstić information content (AvgIpc) is 2.42. The van der Waals surface area contributed by atoms with Gasteiger partial charge < -0.3 is 15.4 Å². The van der Waals surface area contributed by atoms with E-state index < -0.39 is 0 Å². The van der Waals surface area contributed by atoms with E-state index >= 15 is 0 Å². The Kier molecular flexibility index (Phi) is 4.12. The van der Waals surface area contributed by atoms with Crippen LogP contribution >= 0.6 is 0 Å². The van der Waals surface area contributed by atoms with Crippen molar-refractivity contribution in [3.05, 3.63) is 36.4 Å². The van der Waals surface area contributed by atoms with Crippen molar-refractivity contribution < 1.29 is 4.74 Å². The lowest BCUT2D eigenvalue weighted by atomic mass is 10.3. The number of hydrogen-bond acceptors (Lipinski definition) is 6. The maximum absolute atomic E-state index is 6.01. The van der Waals surface area contributed by atoms with E-state index in [1.807, 2.05) is 37.1 Å². The minimum Gasteiger partial charge on any atom is -0.476 e. The van der Waals surface area contributed by atoms with Crippen LogP contribution in [-0.4, -0.2) is 28.6 Å². The van der Waals surface area contributed by atoms with Crippen LogP contribution in [0.5, 0.6) is 5.88 Å². The monoisotopic (exact) mass is 259 g/mol. The zero-order chi connectivity index (χ0) is 13.7. The van der Waals surface area contributed by atoms with E-state index in [9.17, 15) is 0 Å². The Balaban J connectivity index is 2.19. The van der Waals surface area contributed by atoms with E-state index in [2.05, 4.69) is 15.0 Å². The first-order valence-corrected chi connectivity index (χ1v) is 6.06. The predicted molar refractivity (Wildman–Crippen MR) is 74.0 cm³/mol. The standard InChI is InChI=1S/C13H17N5O/c1-3-19-13-11(14)12(16-9-17-13)18(2)8-10-6-4-5-7-15-10/h4-7,9H,3,8,14H2,1-2H3. The molecule has 2 heterocycles. The van der Waals surface area contributed by atoms with E-state index in [0.717, 1.165) is 5.69 Å². The molecule has 0 fully saturated rings. The fraction of sp³-hybridized carbons (Fsp3) is 0.308. The Morgan fingerprint density at radius 2 is 2.11 bits per heavy atom. The van der Waals surface area contributed by atoms with Gasteiger partial charge in [0.2, 0.25) is 5.88 Å². The number of aromatic nitrogens is 3. The van der Waals surface area contributed by atoms with E-state index in [1.54, 1.807) is 6.20 Å². The Bertz CT molecular complexity index is 532. The van der Waals surface area contributed by atoms with Gasteiger partial charge in [0.15, 0.2) is 5.82 Å². The molecule has 0 aliphatic heterocycles. The third-order valence-electron chi connectivity index (χ3n) is 2.59.